The predicted molar refractivity (Wildman–Crippen MR) is 119 cm³/mol. The van der Waals surface area contributed by atoms with Gasteiger partial charge in [0.05, 0.1) is 12.1 Å². The molecule has 0 spiro atoms. The molecule has 0 N–H and O–H groups in total. The number of nitrogens with zero attached hydrogens (tertiary/aromatic N) is 2. The van der Waals surface area contributed by atoms with Crippen LogP contribution in [0.15, 0.2) is 78.4 Å². The smallest absolute Gasteiger partial charge is 0.261 e. The number of fused-ring (bicyclic) bond motifs is 1. The van der Waals surface area contributed by atoms with Gasteiger partial charge >= 0.3 is 0 Å². The first-order valence-corrected chi connectivity index (χ1v) is 10.3. The molecule has 0 unspecified atom stereocenters. The van der Waals surface area contributed by atoms with Crippen LogP contribution in [-0.4, -0.2) is 18.4 Å². The van der Waals surface area contributed by atoms with Gasteiger partial charge in [0.15, 0.2) is 0 Å². The fraction of sp³-hybridized carbons (Fsp3) is 0.154. The first-order valence-electron chi connectivity index (χ1n) is 10.3. The third-order valence-electron chi connectivity index (χ3n) is 5.89. The molecule has 0 aromatic heterocycles. The van der Waals surface area contributed by atoms with Gasteiger partial charge in [0.2, 0.25) is 5.91 Å². The lowest BCUT2D eigenvalue weighted by atomic mass is 9.98. The van der Waals surface area contributed by atoms with Crippen molar-refractivity contribution in [1.82, 2.24) is 0 Å². The zero-order valence-electron chi connectivity index (χ0n) is 16.9. The van der Waals surface area contributed by atoms with Crippen molar-refractivity contribution in [2.24, 2.45) is 0 Å². The molecule has 2 amide bonds. The molecule has 4 nitrogen and oxygen atoms in total. The predicted octanol–water partition coefficient (Wildman–Crippen LogP) is 4.74. The number of halogens is 1. The molecular weight excluding hydrogens is 391 g/mol. The van der Waals surface area contributed by atoms with Crippen LogP contribution in [0, 0.1) is 5.82 Å². The summed E-state index contributed by atoms with van der Waals surface area (Å²) in [5.41, 5.74) is 5.48. The quantitative estimate of drug-likeness (QED) is 0.461. The Morgan fingerprint density at radius 3 is 2.35 bits per heavy atom. The number of anilines is 2. The van der Waals surface area contributed by atoms with Crippen LogP contribution in [-0.2, 0) is 22.6 Å². The van der Waals surface area contributed by atoms with Crippen molar-refractivity contribution >= 4 is 29.3 Å². The fourth-order valence-electron chi connectivity index (χ4n) is 4.33. The highest BCUT2D eigenvalue weighted by Gasteiger charge is 2.35. The Bertz CT molecular complexity index is 1200. The Labute approximate surface area is 180 Å². The fourth-order valence-corrected chi connectivity index (χ4v) is 4.33. The molecule has 2 aliphatic heterocycles. The average molecular weight is 412 g/mol. The summed E-state index contributed by atoms with van der Waals surface area (Å²) in [6.07, 6.45) is 2.82. The molecule has 1 saturated heterocycles. The van der Waals surface area contributed by atoms with Crippen LogP contribution < -0.4 is 9.80 Å². The third kappa shape index (κ3) is 3.63. The van der Waals surface area contributed by atoms with Crippen LogP contribution in [0.5, 0.6) is 0 Å². The first-order chi connectivity index (χ1) is 15.1. The van der Waals surface area contributed by atoms with Gasteiger partial charge in [-0.1, -0.05) is 42.5 Å². The highest BCUT2D eigenvalue weighted by molar-refractivity contribution is 6.29. The van der Waals surface area contributed by atoms with E-state index in [-0.39, 0.29) is 18.2 Å². The number of carbonyl (C=O) groups is 2. The Kier molecular flexibility index (Phi) is 4.86. The highest BCUT2D eigenvalue weighted by Crippen LogP contribution is 2.32. The van der Waals surface area contributed by atoms with Crippen LogP contribution in [0.25, 0.3) is 6.08 Å². The lowest BCUT2D eigenvalue weighted by Crippen LogP contribution is -2.30. The molecule has 1 fully saturated rings. The summed E-state index contributed by atoms with van der Waals surface area (Å²) < 4.78 is 13.2. The molecule has 154 valence electrons. The van der Waals surface area contributed by atoms with Crippen molar-refractivity contribution in [3.8, 4) is 0 Å². The Morgan fingerprint density at radius 1 is 0.839 bits per heavy atom. The number of carbonyl (C=O) groups excluding carboxylic acids is 2. The largest absolute Gasteiger partial charge is 0.366 e. The molecule has 0 atom stereocenters. The van der Waals surface area contributed by atoms with E-state index in [9.17, 15) is 14.0 Å². The third-order valence-corrected chi connectivity index (χ3v) is 5.89. The van der Waals surface area contributed by atoms with Gasteiger partial charge < -0.3 is 4.90 Å². The van der Waals surface area contributed by atoms with Crippen molar-refractivity contribution in [1.29, 1.82) is 0 Å². The molecule has 3 aromatic carbocycles. The van der Waals surface area contributed by atoms with E-state index in [0.29, 0.717) is 11.3 Å². The zero-order valence-corrected chi connectivity index (χ0v) is 16.9. The Hall–Kier alpha value is -3.73. The van der Waals surface area contributed by atoms with Gasteiger partial charge in [0, 0.05) is 24.4 Å². The molecular formula is C26H21FN2O2. The second-order valence-corrected chi connectivity index (χ2v) is 7.86. The van der Waals surface area contributed by atoms with Crippen LogP contribution in [0.1, 0.15) is 23.1 Å². The first kappa shape index (κ1) is 19.2. The number of para-hydroxylation sites is 1. The van der Waals surface area contributed by atoms with Gasteiger partial charge in [-0.2, -0.15) is 0 Å². The molecule has 0 saturated carbocycles. The molecule has 0 radical (unpaired) electrons. The van der Waals surface area contributed by atoms with Crippen LogP contribution in [0.4, 0.5) is 15.8 Å². The number of hydrogen-bond acceptors (Lipinski definition) is 3. The van der Waals surface area contributed by atoms with Gasteiger partial charge in [-0.3, -0.25) is 9.59 Å². The van der Waals surface area contributed by atoms with Crippen LogP contribution in [0.3, 0.4) is 0 Å². The number of rotatable bonds is 3. The lowest BCUT2D eigenvalue weighted by molar-refractivity contribution is -0.120. The van der Waals surface area contributed by atoms with Gasteiger partial charge in [-0.15, -0.1) is 0 Å². The highest BCUT2D eigenvalue weighted by atomic mass is 19.1. The maximum Gasteiger partial charge on any atom is 0.261 e. The van der Waals surface area contributed by atoms with Crippen molar-refractivity contribution in [2.45, 2.75) is 19.4 Å². The summed E-state index contributed by atoms with van der Waals surface area (Å²) in [6, 6.07) is 21.8. The van der Waals surface area contributed by atoms with E-state index in [2.05, 4.69) is 35.2 Å². The van der Waals surface area contributed by atoms with E-state index in [0.717, 1.165) is 35.7 Å². The van der Waals surface area contributed by atoms with Gasteiger partial charge in [-0.05, 0) is 59.5 Å². The monoisotopic (exact) mass is 412 g/mol. The standard InChI is InChI=1S/C26H21FN2O2/c27-22-9-11-23(12-10-22)29-25(30)16-21(26(29)31)15-19-6-3-4-8-24(19)28-14-13-18-5-1-2-7-20(18)17-28/h1-12,15H,13-14,16-17H2/b21-15+. The SMILES string of the molecule is O=C1C/C(=C\c2ccccc2N2CCc3ccccc3C2)C(=O)N1c1ccc(F)cc1. The van der Waals surface area contributed by atoms with Crippen molar-refractivity contribution in [3.05, 3.63) is 101 Å². The molecule has 3 aromatic rings. The number of benzene rings is 3. The van der Waals surface area contributed by atoms with E-state index in [1.165, 1.54) is 35.4 Å². The minimum Gasteiger partial charge on any atom is -0.366 e. The molecule has 2 heterocycles. The minimum atomic E-state index is -0.407. The van der Waals surface area contributed by atoms with Crippen LogP contribution >= 0.6 is 0 Å². The minimum absolute atomic E-state index is 0.0351. The summed E-state index contributed by atoms with van der Waals surface area (Å²) in [4.78, 5) is 29.0. The molecule has 0 aliphatic carbocycles. The van der Waals surface area contributed by atoms with Crippen molar-refractivity contribution in [2.75, 3.05) is 16.3 Å². The second-order valence-electron chi connectivity index (χ2n) is 7.86. The molecule has 5 rings (SSSR count). The summed E-state index contributed by atoms with van der Waals surface area (Å²) in [7, 11) is 0. The number of hydrogen-bond donors (Lipinski definition) is 0. The normalized spacial score (nSPS) is 17.4. The van der Waals surface area contributed by atoms with E-state index in [1.54, 1.807) is 0 Å². The molecule has 5 heteroatoms. The molecule has 2 aliphatic rings. The van der Waals surface area contributed by atoms with Gasteiger partial charge in [-0.25, -0.2) is 9.29 Å². The van der Waals surface area contributed by atoms with E-state index in [4.69, 9.17) is 0 Å². The second kappa shape index (κ2) is 7.84. The maximum absolute atomic E-state index is 13.2. The maximum atomic E-state index is 13.2. The number of amides is 2. The topological polar surface area (TPSA) is 40.6 Å². The van der Waals surface area contributed by atoms with E-state index >= 15 is 0 Å². The van der Waals surface area contributed by atoms with E-state index in [1.807, 2.05) is 24.3 Å². The van der Waals surface area contributed by atoms with Gasteiger partial charge in [0.25, 0.3) is 5.91 Å². The summed E-state index contributed by atoms with van der Waals surface area (Å²) in [5, 5.41) is 0. The lowest BCUT2D eigenvalue weighted by Gasteiger charge is -2.32. The summed E-state index contributed by atoms with van der Waals surface area (Å²) in [6.45, 7) is 1.71. The Morgan fingerprint density at radius 2 is 1.55 bits per heavy atom. The molecule has 31 heavy (non-hydrogen) atoms. The van der Waals surface area contributed by atoms with E-state index < -0.39 is 5.82 Å². The summed E-state index contributed by atoms with van der Waals surface area (Å²) in [5.74, 6) is -1.06. The van der Waals surface area contributed by atoms with Gasteiger partial charge in [0.1, 0.15) is 5.82 Å². The average Bonchev–Trinajstić information content (AvgIpc) is 3.07. The Balaban J connectivity index is 1.45. The van der Waals surface area contributed by atoms with Crippen LogP contribution in [0.2, 0.25) is 0 Å². The zero-order chi connectivity index (χ0) is 21.4. The molecule has 0 bridgehead atoms. The number of imide groups is 1. The van der Waals surface area contributed by atoms with Crippen molar-refractivity contribution in [3.63, 3.8) is 0 Å². The van der Waals surface area contributed by atoms with Crippen molar-refractivity contribution < 1.29 is 14.0 Å². The summed E-state index contributed by atoms with van der Waals surface area (Å²) >= 11 is 0.